The maximum absolute atomic E-state index is 13.0. The Balaban J connectivity index is 1.41. The van der Waals surface area contributed by atoms with Gasteiger partial charge >= 0.3 is 0 Å². The number of rotatable bonds is 5. The zero-order valence-corrected chi connectivity index (χ0v) is 16.3. The van der Waals surface area contributed by atoms with Crippen molar-refractivity contribution >= 4 is 5.91 Å². The molecule has 4 rings (SSSR count). The van der Waals surface area contributed by atoms with Crippen LogP contribution in [0.15, 0.2) is 72.9 Å². The number of piperidine rings is 1. The topological polar surface area (TPSA) is 61.1 Å². The van der Waals surface area contributed by atoms with Crippen molar-refractivity contribution in [1.82, 2.24) is 14.8 Å². The van der Waals surface area contributed by atoms with Crippen molar-refractivity contribution in [3.63, 3.8) is 0 Å². The molecule has 146 valence electrons. The van der Waals surface area contributed by atoms with Gasteiger partial charge in [0.05, 0.1) is 5.56 Å². The summed E-state index contributed by atoms with van der Waals surface area (Å²) < 4.78 is 1.79. The number of benzene rings is 2. The Morgan fingerprint density at radius 3 is 2.31 bits per heavy atom. The Kier molecular flexibility index (Phi) is 5.73. The fourth-order valence-corrected chi connectivity index (χ4v) is 3.89. The Bertz CT molecular complexity index is 996. The second-order valence-electron chi connectivity index (χ2n) is 7.40. The summed E-state index contributed by atoms with van der Waals surface area (Å²) in [6.07, 6.45) is 3.60. The van der Waals surface area contributed by atoms with E-state index >= 15 is 0 Å². The third kappa shape index (κ3) is 4.39. The SMILES string of the molecule is N#Cc1ccn(-c2ccccc2)c1C(=O)NC1CCN(Cc2ccccc2)CC1. The van der Waals surface area contributed by atoms with Crippen molar-refractivity contribution in [3.05, 3.63) is 89.7 Å². The second kappa shape index (κ2) is 8.76. The molecular weight excluding hydrogens is 360 g/mol. The molecule has 0 unspecified atom stereocenters. The van der Waals surface area contributed by atoms with E-state index in [1.54, 1.807) is 16.8 Å². The Morgan fingerprint density at radius 1 is 1.00 bits per heavy atom. The molecule has 0 bridgehead atoms. The van der Waals surface area contributed by atoms with Crippen LogP contribution in [0.3, 0.4) is 0 Å². The van der Waals surface area contributed by atoms with Crippen molar-refractivity contribution in [1.29, 1.82) is 5.26 Å². The van der Waals surface area contributed by atoms with E-state index in [1.165, 1.54) is 5.56 Å². The number of para-hydroxylation sites is 1. The standard InChI is InChI=1S/C24H24N4O/c25-17-20-11-16-28(22-9-5-2-6-10-22)23(20)24(29)26-21-12-14-27(15-13-21)18-19-7-3-1-4-8-19/h1-11,16,21H,12-15,18H2,(H,26,29). The molecule has 1 aromatic heterocycles. The Morgan fingerprint density at radius 2 is 1.66 bits per heavy atom. The normalized spacial score (nSPS) is 15.0. The predicted octanol–water partition coefficient (Wildman–Crippen LogP) is 3.74. The Hall–Kier alpha value is -3.36. The average Bonchev–Trinajstić information content (AvgIpc) is 3.21. The maximum atomic E-state index is 13.0. The molecule has 0 atom stereocenters. The summed E-state index contributed by atoms with van der Waals surface area (Å²) in [6.45, 7) is 2.84. The minimum absolute atomic E-state index is 0.125. The van der Waals surface area contributed by atoms with E-state index in [1.807, 2.05) is 36.4 Å². The first-order chi connectivity index (χ1) is 14.2. The molecule has 1 amide bonds. The number of hydrogen-bond acceptors (Lipinski definition) is 3. The number of carbonyl (C=O) groups is 1. The molecule has 0 aliphatic carbocycles. The zero-order valence-electron chi connectivity index (χ0n) is 16.3. The van der Waals surface area contributed by atoms with Crippen LogP contribution < -0.4 is 5.32 Å². The van der Waals surface area contributed by atoms with E-state index in [9.17, 15) is 10.1 Å². The van der Waals surface area contributed by atoms with Gasteiger partial charge in [-0.25, -0.2) is 0 Å². The molecule has 5 heteroatoms. The van der Waals surface area contributed by atoms with Crippen LogP contribution in [0.25, 0.3) is 5.69 Å². The van der Waals surface area contributed by atoms with Gasteiger partial charge in [-0.1, -0.05) is 48.5 Å². The first-order valence-corrected chi connectivity index (χ1v) is 9.98. The third-order valence-corrected chi connectivity index (χ3v) is 5.43. The maximum Gasteiger partial charge on any atom is 0.269 e. The molecule has 5 nitrogen and oxygen atoms in total. The van der Waals surface area contributed by atoms with E-state index in [0.29, 0.717) is 11.3 Å². The summed E-state index contributed by atoms with van der Waals surface area (Å²) in [7, 11) is 0. The highest BCUT2D eigenvalue weighted by Gasteiger charge is 2.24. The number of likely N-dealkylation sites (tertiary alicyclic amines) is 1. The van der Waals surface area contributed by atoms with Crippen LogP contribution in [0.1, 0.15) is 34.5 Å². The van der Waals surface area contributed by atoms with Crippen molar-refractivity contribution in [2.45, 2.75) is 25.4 Å². The molecule has 2 aromatic carbocycles. The third-order valence-electron chi connectivity index (χ3n) is 5.43. The summed E-state index contributed by atoms with van der Waals surface area (Å²) in [4.78, 5) is 15.4. The van der Waals surface area contributed by atoms with Crippen LogP contribution in [0, 0.1) is 11.3 Å². The summed E-state index contributed by atoms with van der Waals surface area (Å²) in [5.41, 5.74) is 2.99. The molecule has 1 aliphatic heterocycles. The van der Waals surface area contributed by atoms with Gasteiger partial charge in [-0.15, -0.1) is 0 Å². The van der Waals surface area contributed by atoms with E-state index < -0.39 is 0 Å². The Labute approximate surface area is 171 Å². The number of aromatic nitrogens is 1. The molecule has 2 heterocycles. The molecule has 0 radical (unpaired) electrons. The van der Waals surface area contributed by atoms with Crippen molar-refractivity contribution in [2.75, 3.05) is 13.1 Å². The van der Waals surface area contributed by atoms with Gasteiger partial charge < -0.3 is 9.88 Å². The smallest absolute Gasteiger partial charge is 0.269 e. The molecule has 1 N–H and O–H groups in total. The van der Waals surface area contributed by atoms with Crippen molar-refractivity contribution in [2.24, 2.45) is 0 Å². The van der Waals surface area contributed by atoms with Gasteiger partial charge in [0.1, 0.15) is 11.8 Å². The average molecular weight is 384 g/mol. The monoisotopic (exact) mass is 384 g/mol. The van der Waals surface area contributed by atoms with Crippen LogP contribution in [0.5, 0.6) is 0 Å². The van der Waals surface area contributed by atoms with Gasteiger partial charge in [0.15, 0.2) is 0 Å². The van der Waals surface area contributed by atoms with Crippen LogP contribution >= 0.6 is 0 Å². The van der Waals surface area contributed by atoms with Gasteiger partial charge in [0.25, 0.3) is 5.91 Å². The lowest BCUT2D eigenvalue weighted by Crippen LogP contribution is -2.44. The van der Waals surface area contributed by atoms with Crippen molar-refractivity contribution in [3.8, 4) is 11.8 Å². The fourth-order valence-electron chi connectivity index (χ4n) is 3.89. The largest absolute Gasteiger partial charge is 0.348 e. The van der Waals surface area contributed by atoms with Crippen LogP contribution in [-0.4, -0.2) is 34.5 Å². The van der Waals surface area contributed by atoms with E-state index in [4.69, 9.17) is 0 Å². The molecule has 3 aromatic rings. The van der Waals surface area contributed by atoms with Crippen LogP contribution in [-0.2, 0) is 6.54 Å². The highest BCUT2D eigenvalue weighted by molar-refractivity contribution is 5.96. The van der Waals surface area contributed by atoms with Crippen LogP contribution in [0.4, 0.5) is 0 Å². The van der Waals surface area contributed by atoms with Gasteiger partial charge in [-0.2, -0.15) is 5.26 Å². The quantitative estimate of drug-likeness (QED) is 0.729. The van der Waals surface area contributed by atoms with Gasteiger partial charge in [-0.3, -0.25) is 9.69 Å². The predicted molar refractivity (Wildman–Crippen MR) is 113 cm³/mol. The zero-order chi connectivity index (χ0) is 20.1. The molecule has 29 heavy (non-hydrogen) atoms. The summed E-state index contributed by atoms with van der Waals surface area (Å²) in [5.74, 6) is -0.183. The summed E-state index contributed by atoms with van der Waals surface area (Å²) in [5, 5.41) is 12.6. The first kappa shape index (κ1) is 19.0. The van der Waals surface area contributed by atoms with Crippen LogP contribution in [0.2, 0.25) is 0 Å². The van der Waals surface area contributed by atoms with E-state index in [-0.39, 0.29) is 11.9 Å². The van der Waals surface area contributed by atoms with Crippen molar-refractivity contribution < 1.29 is 4.79 Å². The van der Waals surface area contributed by atoms with Gasteiger partial charge in [0.2, 0.25) is 0 Å². The van der Waals surface area contributed by atoms with E-state index in [0.717, 1.165) is 38.2 Å². The van der Waals surface area contributed by atoms with Gasteiger partial charge in [-0.05, 0) is 36.6 Å². The lowest BCUT2D eigenvalue weighted by molar-refractivity contribution is 0.0902. The number of nitrogens with zero attached hydrogens (tertiary/aromatic N) is 3. The van der Waals surface area contributed by atoms with E-state index in [2.05, 4.69) is 40.6 Å². The molecule has 0 spiro atoms. The molecule has 1 fully saturated rings. The number of carbonyl (C=O) groups excluding carboxylic acids is 1. The number of nitriles is 1. The fraction of sp³-hybridized carbons (Fsp3) is 0.250. The summed E-state index contributed by atoms with van der Waals surface area (Å²) >= 11 is 0. The number of amides is 1. The molecular formula is C24H24N4O. The first-order valence-electron chi connectivity index (χ1n) is 9.98. The highest BCUT2D eigenvalue weighted by atomic mass is 16.2. The highest BCUT2D eigenvalue weighted by Crippen LogP contribution is 2.19. The lowest BCUT2D eigenvalue weighted by Gasteiger charge is -2.32. The number of nitrogens with one attached hydrogen (secondary N) is 1. The minimum Gasteiger partial charge on any atom is -0.348 e. The molecule has 1 saturated heterocycles. The minimum atomic E-state index is -0.183. The molecule has 1 aliphatic rings. The lowest BCUT2D eigenvalue weighted by atomic mass is 10.0. The summed E-state index contributed by atoms with van der Waals surface area (Å²) in [6, 6.07) is 24.1. The number of hydrogen-bond donors (Lipinski definition) is 1. The molecule has 0 saturated carbocycles. The second-order valence-corrected chi connectivity index (χ2v) is 7.40. The van der Waals surface area contributed by atoms with Gasteiger partial charge in [0, 0.05) is 37.6 Å².